The number of hydrogen-bond acceptors (Lipinski definition) is 1. The fourth-order valence-corrected chi connectivity index (χ4v) is 2.50. The molecule has 0 spiro atoms. The van der Waals surface area contributed by atoms with Crippen LogP contribution in [0.25, 0.3) is 0 Å². The molecular formula is C16H34O. The molecule has 0 aromatic carbocycles. The highest BCUT2D eigenvalue weighted by Gasteiger charge is 2.11. The summed E-state index contributed by atoms with van der Waals surface area (Å²) in [5.41, 5.74) is 0. The van der Waals surface area contributed by atoms with E-state index in [-0.39, 0.29) is 6.10 Å². The molecule has 0 aromatic rings. The number of unbranched alkanes of at least 4 members (excludes halogenated alkanes) is 1. The number of aliphatic hydroxyl groups excluding tert-OH is 1. The first-order chi connectivity index (χ1) is 7.97. The van der Waals surface area contributed by atoms with Crippen LogP contribution in [0.4, 0.5) is 0 Å². The van der Waals surface area contributed by atoms with Crippen molar-refractivity contribution in [1.29, 1.82) is 0 Å². The zero-order valence-corrected chi connectivity index (χ0v) is 12.7. The Labute approximate surface area is 109 Å². The van der Waals surface area contributed by atoms with Crippen LogP contribution in [0.5, 0.6) is 0 Å². The monoisotopic (exact) mass is 242 g/mol. The Morgan fingerprint density at radius 2 is 1.35 bits per heavy atom. The molecule has 0 radical (unpaired) electrons. The summed E-state index contributed by atoms with van der Waals surface area (Å²) in [5, 5.41) is 9.43. The van der Waals surface area contributed by atoms with Gasteiger partial charge in [-0.1, -0.05) is 59.8 Å². The zero-order chi connectivity index (χ0) is 13.3. The van der Waals surface area contributed by atoms with Crippen LogP contribution in [0.3, 0.4) is 0 Å². The summed E-state index contributed by atoms with van der Waals surface area (Å²) in [6.07, 6.45) is 9.10. The molecule has 0 aliphatic rings. The van der Waals surface area contributed by atoms with E-state index in [1.165, 1.54) is 44.9 Å². The van der Waals surface area contributed by atoms with Crippen molar-refractivity contribution in [3.63, 3.8) is 0 Å². The molecule has 0 unspecified atom stereocenters. The van der Waals surface area contributed by atoms with Crippen LogP contribution in [0.2, 0.25) is 0 Å². The summed E-state index contributed by atoms with van der Waals surface area (Å²) in [6.45, 7) is 11.1. The lowest BCUT2D eigenvalue weighted by Gasteiger charge is -2.19. The van der Waals surface area contributed by atoms with E-state index in [0.29, 0.717) is 5.92 Å². The minimum Gasteiger partial charge on any atom is -0.393 e. The minimum absolute atomic E-state index is 0.145. The zero-order valence-electron chi connectivity index (χ0n) is 12.7. The SMILES string of the molecule is CCCC[C@H](C)C[C@H](C)CCC[C@@H](C)[C@@H](C)O. The summed E-state index contributed by atoms with van der Waals surface area (Å²) < 4.78 is 0. The molecule has 0 aromatic heterocycles. The first-order valence-corrected chi connectivity index (χ1v) is 7.65. The molecule has 0 bridgehead atoms. The van der Waals surface area contributed by atoms with Gasteiger partial charge in [0.25, 0.3) is 0 Å². The summed E-state index contributed by atoms with van der Waals surface area (Å²) in [4.78, 5) is 0. The van der Waals surface area contributed by atoms with Crippen molar-refractivity contribution < 1.29 is 5.11 Å². The molecular weight excluding hydrogens is 208 g/mol. The second-order valence-corrected chi connectivity index (χ2v) is 6.24. The van der Waals surface area contributed by atoms with E-state index in [0.717, 1.165) is 11.8 Å². The summed E-state index contributed by atoms with van der Waals surface area (Å²) in [5.74, 6) is 2.20. The normalized spacial score (nSPS) is 18.7. The predicted octanol–water partition coefficient (Wildman–Crippen LogP) is 5.03. The minimum atomic E-state index is -0.145. The van der Waals surface area contributed by atoms with Crippen LogP contribution in [0.15, 0.2) is 0 Å². The van der Waals surface area contributed by atoms with Gasteiger partial charge in [-0.25, -0.2) is 0 Å². The number of hydrogen-bond donors (Lipinski definition) is 1. The van der Waals surface area contributed by atoms with Gasteiger partial charge >= 0.3 is 0 Å². The fraction of sp³-hybridized carbons (Fsp3) is 1.00. The fourth-order valence-electron chi connectivity index (χ4n) is 2.50. The van der Waals surface area contributed by atoms with Crippen LogP contribution in [0.1, 0.15) is 79.6 Å². The molecule has 4 atom stereocenters. The van der Waals surface area contributed by atoms with Crippen LogP contribution in [-0.4, -0.2) is 11.2 Å². The second-order valence-electron chi connectivity index (χ2n) is 6.24. The predicted molar refractivity (Wildman–Crippen MR) is 77.2 cm³/mol. The van der Waals surface area contributed by atoms with Crippen molar-refractivity contribution >= 4 is 0 Å². The molecule has 0 aliphatic carbocycles. The van der Waals surface area contributed by atoms with Gasteiger partial charge in [-0.2, -0.15) is 0 Å². The first-order valence-electron chi connectivity index (χ1n) is 7.65. The van der Waals surface area contributed by atoms with Gasteiger partial charge in [0.1, 0.15) is 0 Å². The van der Waals surface area contributed by atoms with Crippen LogP contribution < -0.4 is 0 Å². The number of aliphatic hydroxyl groups is 1. The van der Waals surface area contributed by atoms with Crippen molar-refractivity contribution in [2.45, 2.75) is 85.7 Å². The molecule has 104 valence electrons. The molecule has 17 heavy (non-hydrogen) atoms. The first kappa shape index (κ1) is 17.0. The standard InChI is InChI=1S/C16H34O/c1-6-7-9-13(2)12-14(3)10-8-11-15(4)16(5)17/h13-17H,6-12H2,1-5H3/t13-,14+,15+,16+/m0/s1. The van der Waals surface area contributed by atoms with Gasteiger partial charge in [0.2, 0.25) is 0 Å². The van der Waals surface area contributed by atoms with Crippen LogP contribution in [-0.2, 0) is 0 Å². The van der Waals surface area contributed by atoms with Gasteiger partial charge in [0.15, 0.2) is 0 Å². The van der Waals surface area contributed by atoms with E-state index in [1.54, 1.807) is 0 Å². The van der Waals surface area contributed by atoms with E-state index in [4.69, 9.17) is 0 Å². The van der Waals surface area contributed by atoms with Crippen molar-refractivity contribution in [3.05, 3.63) is 0 Å². The topological polar surface area (TPSA) is 20.2 Å². The number of rotatable bonds is 10. The maximum Gasteiger partial charge on any atom is 0.0537 e. The highest BCUT2D eigenvalue weighted by molar-refractivity contribution is 4.63. The third kappa shape index (κ3) is 9.64. The lowest BCUT2D eigenvalue weighted by molar-refractivity contribution is 0.127. The molecule has 0 aliphatic heterocycles. The van der Waals surface area contributed by atoms with Crippen molar-refractivity contribution in [2.24, 2.45) is 17.8 Å². The average molecular weight is 242 g/mol. The van der Waals surface area contributed by atoms with E-state index in [1.807, 2.05) is 6.92 Å². The van der Waals surface area contributed by atoms with Gasteiger partial charge in [0.05, 0.1) is 6.10 Å². The van der Waals surface area contributed by atoms with Crippen LogP contribution >= 0.6 is 0 Å². The van der Waals surface area contributed by atoms with E-state index < -0.39 is 0 Å². The summed E-state index contributed by atoms with van der Waals surface area (Å²) >= 11 is 0. The Kier molecular flexibility index (Phi) is 9.91. The highest BCUT2D eigenvalue weighted by Crippen LogP contribution is 2.23. The molecule has 0 fully saturated rings. The Morgan fingerprint density at radius 3 is 1.82 bits per heavy atom. The smallest absolute Gasteiger partial charge is 0.0537 e. The lowest BCUT2D eigenvalue weighted by atomic mass is 9.88. The Hall–Kier alpha value is -0.0400. The van der Waals surface area contributed by atoms with Crippen LogP contribution in [0, 0.1) is 17.8 Å². The molecule has 1 N–H and O–H groups in total. The van der Waals surface area contributed by atoms with E-state index >= 15 is 0 Å². The molecule has 0 saturated carbocycles. The Bertz CT molecular complexity index is 165. The second kappa shape index (κ2) is 9.94. The van der Waals surface area contributed by atoms with Crippen molar-refractivity contribution in [1.82, 2.24) is 0 Å². The highest BCUT2D eigenvalue weighted by atomic mass is 16.3. The summed E-state index contributed by atoms with van der Waals surface area (Å²) in [6, 6.07) is 0. The molecule has 1 heteroatoms. The summed E-state index contributed by atoms with van der Waals surface area (Å²) in [7, 11) is 0. The van der Waals surface area contributed by atoms with Gasteiger partial charge in [-0.15, -0.1) is 0 Å². The maximum absolute atomic E-state index is 9.43. The quantitative estimate of drug-likeness (QED) is 0.570. The molecule has 0 rings (SSSR count). The Morgan fingerprint density at radius 1 is 0.824 bits per heavy atom. The van der Waals surface area contributed by atoms with Gasteiger partial charge in [-0.3, -0.25) is 0 Å². The molecule has 0 heterocycles. The van der Waals surface area contributed by atoms with Gasteiger partial charge in [0, 0.05) is 0 Å². The van der Waals surface area contributed by atoms with E-state index in [2.05, 4.69) is 27.7 Å². The molecule has 1 nitrogen and oxygen atoms in total. The molecule has 0 saturated heterocycles. The Balaban J connectivity index is 3.55. The van der Waals surface area contributed by atoms with Crippen molar-refractivity contribution in [3.8, 4) is 0 Å². The average Bonchev–Trinajstić information content (AvgIpc) is 2.25. The van der Waals surface area contributed by atoms with Crippen molar-refractivity contribution in [2.75, 3.05) is 0 Å². The molecule has 0 amide bonds. The largest absolute Gasteiger partial charge is 0.393 e. The third-order valence-corrected chi connectivity index (χ3v) is 4.04. The maximum atomic E-state index is 9.43. The van der Waals surface area contributed by atoms with E-state index in [9.17, 15) is 5.11 Å². The lowest BCUT2D eigenvalue weighted by Crippen LogP contribution is -2.13. The van der Waals surface area contributed by atoms with Gasteiger partial charge in [-0.05, 0) is 37.5 Å². The third-order valence-electron chi connectivity index (χ3n) is 4.04. The van der Waals surface area contributed by atoms with Gasteiger partial charge < -0.3 is 5.11 Å².